The van der Waals surface area contributed by atoms with Crippen molar-refractivity contribution in [1.29, 1.82) is 0 Å². The van der Waals surface area contributed by atoms with Crippen LogP contribution in [0, 0.1) is 0 Å². The summed E-state index contributed by atoms with van der Waals surface area (Å²) in [5.74, 6) is 0.122. The van der Waals surface area contributed by atoms with Crippen molar-refractivity contribution in [2.75, 3.05) is 6.54 Å². The van der Waals surface area contributed by atoms with Crippen molar-refractivity contribution in [2.24, 2.45) is 0 Å². The Morgan fingerprint density at radius 2 is 1.56 bits per heavy atom. The van der Waals surface area contributed by atoms with Gasteiger partial charge in [0.05, 0.1) is 6.04 Å². The Kier molecular flexibility index (Phi) is 3.79. The fourth-order valence-corrected chi connectivity index (χ4v) is 4.15. The number of hydrogen-bond donors (Lipinski definition) is 1. The number of H-pyrrole nitrogens is 1. The molecular weight excluding hydrogens is 332 g/mol. The number of nitrogens with zero attached hydrogens (tertiary/aromatic N) is 1. The number of rotatable bonds is 4. The lowest BCUT2D eigenvalue weighted by atomic mass is 9.97. The number of fused-ring (bicyclic) bond motifs is 2. The van der Waals surface area contributed by atoms with Crippen LogP contribution in [0.25, 0.3) is 10.9 Å². The third-order valence-corrected chi connectivity index (χ3v) is 5.46. The lowest BCUT2D eigenvalue weighted by Gasteiger charge is -2.25. The average molecular weight is 352 g/mol. The Balaban J connectivity index is 1.57. The summed E-state index contributed by atoms with van der Waals surface area (Å²) in [5, 5.41) is 1.18. The Bertz CT molecular complexity index is 1110. The highest BCUT2D eigenvalue weighted by Crippen LogP contribution is 2.41. The highest BCUT2D eigenvalue weighted by atomic mass is 16.2. The molecule has 1 N–H and O–H groups in total. The maximum atomic E-state index is 13.2. The van der Waals surface area contributed by atoms with E-state index in [1.165, 1.54) is 10.9 Å². The first-order valence-corrected chi connectivity index (χ1v) is 9.33. The van der Waals surface area contributed by atoms with Crippen LogP contribution >= 0.6 is 0 Å². The second kappa shape index (κ2) is 6.44. The standard InChI is InChI=1S/C24H20N2O/c27-24-20-12-5-4-11-19(20)23(21-16-25-22-13-7-6-10-18(21)22)26(24)15-14-17-8-2-1-3-9-17/h1-13,16,23,25H,14-15H2/t23-/m1/s1. The molecule has 2 heterocycles. The van der Waals surface area contributed by atoms with Crippen LogP contribution in [-0.4, -0.2) is 22.3 Å². The molecule has 132 valence electrons. The number of carbonyl (C=O) groups is 1. The summed E-state index contributed by atoms with van der Waals surface area (Å²) < 4.78 is 0. The summed E-state index contributed by atoms with van der Waals surface area (Å²) in [6.45, 7) is 0.696. The Morgan fingerprint density at radius 1 is 0.815 bits per heavy atom. The number of nitrogens with one attached hydrogen (secondary N) is 1. The molecular formula is C24H20N2O. The molecule has 4 aromatic rings. The molecule has 0 spiro atoms. The van der Waals surface area contributed by atoms with E-state index in [0.29, 0.717) is 6.54 Å². The number of benzene rings is 3. The van der Waals surface area contributed by atoms with E-state index in [0.717, 1.165) is 28.6 Å². The molecule has 1 aliphatic heterocycles. The van der Waals surface area contributed by atoms with Gasteiger partial charge in [0.1, 0.15) is 0 Å². The van der Waals surface area contributed by atoms with Crippen LogP contribution in [-0.2, 0) is 6.42 Å². The molecule has 1 atom stereocenters. The molecule has 3 aromatic carbocycles. The molecule has 27 heavy (non-hydrogen) atoms. The molecule has 3 heteroatoms. The fraction of sp³-hybridized carbons (Fsp3) is 0.125. The third-order valence-electron chi connectivity index (χ3n) is 5.46. The van der Waals surface area contributed by atoms with Crippen molar-refractivity contribution >= 4 is 16.8 Å². The zero-order valence-corrected chi connectivity index (χ0v) is 14.9. The van der Waals surface area contributed by atoms with E-state index in [1.54, 1.807) is 0 Å². The van der Waals surface area contributed by atoms with E-state index < -0.39 is 0 Å². The normalized spacial score (nSPS) is 16.1. The van der Waals surface area contributed by atoms with E-state index >= 15 is 0 Å². The van der Waals surface area contributed by atoms with Gasteiger partial charge < -0.3 is 9.88 Å². The molecule has 0 saturated carbocycles. The van der Waals surface area contributed by atoms with Crippen molar-refractivity contribution in [2.45, 2.75) is 12.5 Å². The molecule has 1 amide bonds. The van der Waals surface area contributed by atoms with Crippen molar-refractivity contribution in [3.8, 4) is 0 Å². The van der Waals surface area contributed by atoms with Gasteiger partial charge in [-0.2, -0.15) is 0 Å². The minimum Gasteiger partial charge on any atom is -0.361 e. The predicted molar refractivity (Wildman–Crippen MR) is 108 cm³/mol. The molecule has 5 rings (SSSR count). The van der Waals surface area contributed by atoms with Crippen LogP contribution < -0.4 is 0 Å². The van der Waals surface area contributed by atoms with Gasteiger partial charge in [0.25, 0.3) is 5.91 Å². The SMILES string of the molecule is O=C1c2ccccc2[C@H](c2c[nH]c3ccccc23)N1CCc1ccccc1. The maximum absolute atomic E-state index is 13.2. The minimum atomic E-state index is -0.0476. The first kappa shape index (κ1) is 15.9. The van der Waals surface area contributed by atoms with Gasteiger partial charge in [-0.1, -0.05) is 66.7 Å². The predicted octanol–water partition coefficient (Wildman–Crippen LogP) is 4.96. The van der Waals surface area contributed by atoms with Crippen molar-refractivity contribution in [3.63, 3.8) is 0 Å². The number of aromatic nitrogens is 1. The molecule has 1 aromatic heterocycles. The van der Waals surface area contributed by atoms with Crippen molar-refractivity contribution < 1.29 is 4.79 Å². The van der Waals surface area contributed by atoms with Gasteiger partial charge in [-0.15, -0.1) is 0 Å². The number of amides is 1. The van der Waals surface area contributed by atoms with Gasteiger partial charge in [0.15, 0.2) is 0 Å². The van der Waals surface area contributed by atoms with Gasteiger partial charge in [-0.25, -0.2) is 0 Å². The van der Waals surface area contributed by atoms with Crippen LogP contribution in [0.1, 0.15) is 33.1 Å². The van der Waals surface area contributed by atoms with Gasteiger partial charge in [-0.05, 0) is 29.7 Å². The molecule has 3 nitrogen and oxygen atoms in total. The van der Waals surface area contributed by atoms with Crippen molar-refractivity contribution in [3.05, 3.63) is 107 Å². The summed E-state index contributed by atoms with van der Waals surface area (Å²) in [7, 11) is 0. The van der Waals surface area contributed by atoms with E-state index in [1.807, 2.05) is 47.4 Å². The quantitative estimate of drug-likeness (QED) is 0.554. The lowest BCUT2D eigenvalue weighted by molar-refractivity contribution is 0.0752. The average Bonchev–Trinajstić information content (AvgIpc) is 3.26. The number of hydrogen-bond acceptors (Lipinski definition) is 1. The number of carbonyl (C=O) groups excluding carboxylic acids is 1. The maximum Gasteiger partial charge on any atom is 0.255 e. The Hall–Kier alpha value is -3.33. The van der Waals surface area contributed by atoms with Gasteiger partial charge in [0.2, 0.25) is 0 Å². The van der Waals surface area contributed by atoms with Crippen LogP contribution in [0.2, 0.25) is 0 Å². The number of aromatic amines is 1. The molecule has 0 fully saturated rings. The molecule has 0 bridgehead atoms. The first-order valence-electron chi connectivity index (χ1n) is 9.33. The van der Waals surface area contributed by atoms with E-state index in [9.17, 15) is 4.79 Å². The van der Waals surface area contributed by atoms with E-state index in [4.69, 9.17) is 0 Å². The van der Waals surface area contributed by atoms with Crippen LogP contribution in [0.4, 0.5) is 0 Å². The summed E-state index contributed by atoms with van der Waals surface area (Å²) in [6, 6.07) is 26.6. The second-order valence-corrected chi connectivity index (χ2v) is 7.01. The fourth-order valence-electron chi connectivity index (χ4n) is 4.15. The highest BCUT2D eigenvalue weighted by Gasteiger charge is 2.38. The smallest absolute Gasteiger partial charge is 0.255 e. The first-order chi connectivity index (χ1) is 13.3. The molecule has 0 aliphatic carbocycles. The monoisotopic (exact) mass is 352 g/mol. The summed E-state index contributed by atoms with van der Waals surface area (Å²) >= 11 is 0. The molecule has 0 saturated heterocycles. The molecule has 0 radical (unpaired) electrons. The van der Waals surface area contributed by atoms with Crippen LogP contribution in [0.3, 0.4) is 0 Å². The van der Waals surface area contributed by atoms with Crippen LogP contribution in [0.5, 0.6) is 0 Å². The van der Waals surface area contributed by atoms with Gasteiger partial charge in [-0.3, -0.25) is 4.79 Å². The summed E-state index contributed by atoms with van der Waals surface area (Å²) in [5.41, 5.74) is 5.43. The van der Waals surface area contributed by atoms with Gasteiger partial charge >= 0.3 is 0 Å². The largest absolute Gasteiger partial charge is 0.361 e. The molecule has 0 unspecified atom stereocenters. The third kappa shape index (κ3) is 2.63. The van der Waals surface area contributed by atoms with Crippen molar-refractivity contribution in [1.82, 2.24) is 9.88 Å². The molecule has 1 aliphatic rings. The zero-order valence-electron chi connectivity index (χ0n) is 14.9. The van der Waals surface area contributed by atoms with Gasteiger partial charge in [0, 0.05) is 34.8 Å². The summed E-state index contributed by atoms with van der Waals surface area (Å²) in [6.07, 6.45) is 2.90. The second-order valence-electron chi connectivity index (χ2n) is 7.01. The summed E-state index contributed by atoms with van der Waals surface area (Å²) in [4.78, 5) is 18.6. The van der Waals surface area contributed by atoms with E-state index in [-0.39, 0.29) is 11.9 Å². The minimum absolute atomic E-state index is 0.0476. The Morgan fingerprint density at radius 3 is 2.44 bits per heavy atom. The van der Waals surface area contributed by atoms with Crippen LogP contribution in [0.15, 0.2) is 85.1 Å². The number of para-hydroxylation sites is 1. The van der Waals surface area contributed by atoms with E-state index in [2.05, 4.69) is 47.6 Å². The highest BCUT2D eigenvalue weighted by molar-refractivity contribution is 6.00. The topological polar surface area (TPSA) is 36.1 Å². The zero-order chi connectivity index (χ0) is 18.2. The lowest BCUT2D eigenvalue weighted by Crippen LogP contribution is -2.30. The Labute approximate surface area is 158 Å².